The number of nitrogens with zero attached hydrogens (tertiary/aromatic N) is 2. The van der Waals surface area contributed by atoms with Gasteiger partial charge in [-0.3, -0.25) is 14.9 Å². The van der Waals surface area contributed by atoms with Crippen molar-refractivity contribution < 1.29 is 23.2 Å². The molecule has 1 heterocycles. The highest BCUT2D eigenvalue weighted by Crippen LogP contribution is 2.66. The van der Waals surface area contributed by atoms with E-state index in [2.05, 4.69) is 20.8 Å². The molecule has 1 aromatic carbocycles. The molecule has 9 heteroatoms. The average Bonchev–Trinajstić information content (AvgIpc) is 3.13. The number of aliphatic hydroxyl groups is 1. The summed E-state index contributed by atoms with van der Waals surface area (Å²) in [6, 6.07) is 5.43. The molecule has 194 valence electrons. The average molecular weight is 507 g/mol. The third-order valence-corrected chi connectivity index (χ3v) is 11.5. The van der Waals surface area contributed by atoms with Crippen LogP contribution in [0.3, 0.4) is 0 Å². The molecule has 4 atom stereocenters. The molecule has 2 aliphatic carbocycles. The smallest absolute Gasteiger partial charge is 0.289 e. The third kappa shape index (κ3) is 4.03. The zero-order chi connectivity index (χ0) is 26.0. The molecule has 0 aromatic heterocycles. The second kappa shape index (κ2) is 8.35. The molecule has 0 radical (unpaired) electrons. The van der Waals surface area contributed by atoms with Crippen LogP contribution in [0.15, 0.2) is 29.2 Å². The third-order valence-electron chi connectivity index (χ3n) is 9.48. The second-order valence-corrected chi connectivity index (χ2v) is 14.2. The van der Waals surface area contributed by atoms with Crippen LogP contribution in [0, 0.1) is 32.8 Å². The van der Waals surface area contributed by atoms with Crippen LogP contribution in [0.25, 0.3) is 0 Å². The number of carbonyl (C=O) groups is 1. The number of nitro benzene ring substituents is 1. The van der Waals surface area contributed by atoms with E-state index in [1.807, 2.05) is 0 Å². The topological polar surface area (TPSA) is 118 Å². The molecule has 0 amide bonds. The van der Waals surface area contributed by atoms with Gasteiger partial charge in [-0.25, -0.2) is 8.42 Å². The molecule has 3 fully saturated rings. The van der Waals surface area contributed by atoms with Crippen LogP contribution < -0.4 is 0 Å². The Labute approximate surface area is 208 Å². The van der Waals surface area contributed by atoms with Gasteiger partial charge in [-0.1, -0.05) is 39.3 Å². The van der Waals surface area contributed by atoms with Gasteiger partial charge < -0.3 is 5.11 Å². The predicted molar refractivity (Wildman–Crippen MR) is 132 cm³/mol. The van der Waals surface area contributed by atoms with Crippen molar-refractivity contribution in [3.05, 3.63) is 34.4 Å². The number of benzene rings is 1. The fraction of sp³-hybridized carbons (Fsp3) is 0.731. The highest BCUT2D eigenvalue weighted by Gasteiger charge is 2.66. The Morgan fingerprint density at radius 2 is 1.80 bits per heavy atom. The van der Waals surface area contributed by atoms with Gasteiger partial charge in [0.1, 0.15) is 5.60 Å². The summed E-state index contributed by atoms with van der Waals surface area (Å²) in [6.07, 6.45) is 4.91. The summed E-state index contributed by atoms with van der Waals surface area (Å²) in [7, 11) is -4.27. The molecule has 1 aliphatic heterocycles. The fourth-order valence-corrected chi connectivity index (χ4v) is 9.95. The first-order valence-electron chi connectivity index (χ1n) is 12.6. The highest BCUT2D eigenvalue weighted by molar-refractivity contribution is 7.89. The van der Waals surface area contributed by atoms with E-state index in [1.54, 1.807) is 0 Å². The summed E-state index contributed by atoms with van der Waals surface area (Å²) in [6.45, 7) is 9.93. The van der Waals surface area contributed by atoms with E-state index >= 15 is 0 Å². The van der Waals surface area contributed by atoms with Gasteiger partial charge in [-0.05, 0) is 74.7 Å². The minimum Gasteiger partial charge on any atom is -0.383 e. The van der Waals surface area contributed by atoms with Crippen LogP contribution in [-0.2, 0) is 14.8 Å². The minimum absolute atomic E-state index is 0.0721. The Balaban J connectivity index is 1.87. The molecule has 0 spiro atoms. The van der Waals surface area contributed by atoms with Crippen LogP contribution in [0.5, 0.6) is 0 Å². The monoisotopic (exact) mass is 506 g/mol. The molecule has 2 saturated carbocycles. The number of fused-ring (bicyclic) bond motifs is 3. The normalized spacial score (nSPS) is 33.1. The number of Topliss-reactive ketones (excluding diaryl/α,β-unsaturated/α-hetero) is 1. The van der Waals surface area contributed by atoms with Gasteiger partial charge in [0, 0.05) is 24.6 Å². The molecular formula is C26H38N2O6S. The van der Waals surface area contributed by atoms with E-state index in [-0.39, 0.29) is 34.6 Å². The van der Waals surface area contributed by atoms with Gasteiger partial charge in [0.05, 0.1) is 4.92 Å². The number of para-hydroxylation sites is 1. The van der Waals surface area contributed by atoms with Gasteiger partial charge in [-0.15, -0.1) is 0 Å². The van der Waals surface area contributed by atoms with Crippen molar-refractivity contribution >= 4 is 21.5 Å². The van der Waals surface area contributed by atoms with Crippen molar-refractivity contribution in [3.8, 4) is 0 Å². The van der Waals surface area contributed by atoms with Crippen LogP contribution in [0.4, 0.5) is 5.69 Å². The lowest BCUT2D eigenvalue weighted by atomic mass is 9.44. The van der Waals surface area contributed by atoms with E-state index in [0.717, 1.165) is 25.7 Å². The van der Waals surface area contributed by atoms with E-state index < -0.39 is 37.6 Å². The maximum Gasteiger partial charge on any atom is 0.289 e. The van der Waals surface area contributed by atoms with Crippen molar-refractivity contribution in [2.24, 2.45) is 22.7 Å². The molecule has 0 unspecified atom stereocenters. The second-order valence-electron chi connectivity index (χ2n) is 12.3. The predicted octanol–water partition coefficient (Wildman–Crippen LogP) is 4.70. The molecule has 8 nitrogen and oxygen atoms in total. The van der Waals surface area contributed by atoms with Crippen molar-refractivity contribution in [3.63, 3.8) is 0 Å². The van der Waals surface area contributed by atoms with Gasteiger partial charge in [0.15, 0.2) is 10.7 Å². The highest BCUT2D eigenvalue weighted by atomic mass is 32.2. The summed E-state index contributed by atoms with van der Waals surface area (Å²) in [5.41, 5.74) is -3.12. The molecule has 4 rings (SSSR count). The molecule has 3 aliphatic rings. The lowest BCUT2D eigenvalue weighted by Crippen LogP contribution is -2.63. The van der Waals surface area contributed by atoms with Crippen LogP contribution in [0.1, 0.15) is 79.6 Å². The van der Waals surface area contributed by atoms with E-state index in [9.17, 15) is 28.4 Å². The zero-order valence-corrected chi connectivity index (χ0v) is 22.2. The largest absolute Gasteiger partial charge is 0.383 e. The van der Waals surface area contributed by atoms with Crippen molar-refractivity contribution in [1.29, 1.82) is 0 Å². The van der Waals surface area contributed by atoms with Gasteiger partial charge in [0.2, 0.25) is 10.0 Å². The first-order chi connectivity index (χ1) is 16.1. The molecule has 1 saturated heterocycles. The first-order valence-corrected chi connectivity index (χ1v) is 14.0. The fourth-order valence-electron chi connectivity index (χ4n) is 7.95. The summed E-state index contributed by atoms with van der Waals surface area (Å²) in [5.74, 6) is -0.0747. The number of sulfonamides is 1. The SMILES string of the molecule is CC(C)(O)C(=O)C[C@@]12CC[C@H]3C(C)(C)CCC[C@]3(C)[C@@H]1CCN2S(=O)(=O)c1ccccc1[N+](=O)[O-]. The summed E-state index contributed by atoms with van der Waals surface area (Å²) >= 11 is 0. The lowest BCUT2D eigenvalue weighted by Gasteiger charge is -2.62. The number of hydrogen-bond donors (Lipinski definition) is 1. The molecule has 1 N–H and O–H groups in total. The van der Waals surface area contributed by atoms with Gasteiger partial charge in [0.25, 0.3) is 5.69 Å². The van der Waals surface area contributed by atoms with Crippen LogP contribution in [-0.4, -0.2) is 46.2 Å². The molecule has 35 heavy (non-hydrogen) atoms. The Bertz CT molecular complexity index is 1140. The number of nitro groups is 1. The summed E-state index contributed by atoms with van der Waals surface area (Å²) in [4.78, 5) is 24.0. The Hall–Kier alpha value is -1.84. The molecule has 1 aromatic rings. The Morgan fingerprint density at radius 1 is 1.14 bits per heavy atom. The molecular weight excluding hydrogens is 468 g/mol. The quantitative estimate of drug-likeness (QED) is 0.441. The Morgan fingerprint density at radius 3 is 2.43 bits per heavy atom. The van der Waals surface area contributed by atoms with Crippen LogP contribution in [0.2, 0.25) is 0 Å². The number of ketones is 1. The first kappa shape index (κ1) is 26.2. The number of hydrogen-bond acceptors (Lipinski definition) is 6. The summed E-state index contributed by atoms with van der Waals surface area (Å²) < 4.78 is 29.6. The summed E-state index contributed by atoms with van der Waals surface area (Å²) in [5, 5.41) is 22.2. The zero-order valence-electron chi connectivity index (χ0n) is 21.4. The Kier molecular flexibility index (Phi) is 6.26. The van der Waals surface area contributed by atoms with E-state index in [0.29, 0.717) is 18.8 Å². The van der Waals surface area contributed by atoms with Gasteiger partial charge in [-0.2, -0.15) is 4.31 Å². The van der Waals surface area contributed by atoms with Crippen molar-refractivity contribution in [2.45, 2.75) is 95.6 Å². The van der Waals surface area contributed by atoms with Crippen molar-refractivity contribution in [2.75, 3.05) is 6.54 Å². The lowest BCUT2D eigenvalue weighted by molar-refractivity contribution is -0.387. The standard InChI is InChI=1S/C26H38N2O6S/c1-23(2)13-8-14-25(5)20(23)11-15-26(17-22(29)24(3,4)30)21(25)12-16-27(26)35(33,34)19-10-7-6-9-18(19)28(31)32/h6-7,9-10,20-21,30H,8,11-17H2,1-5H3/t20-,21-,25-,26-/m0/s1. The maximum atomic E-state index is 14.1. The number of carbonyl (C=O) groups excluding carboxylic acids is 1. The number of rotatable bonds is 6. The maximum absolute atomic E-state index is 14.1. The van der Waals surface area contributed by atoms with E-state index in [4.69, 9.17) is 0 Å². The van der Waals surface area contributed by atoms with Gasteiger partial charge >= 0.3 is 0 Å². The minimum atomic E-state index is -4.27. The van der Waals surface area contributed by atoms with Crippen molar-refractivity contribution in [1.82, 2.24) is 4.31 Å². The molecule has 0 bridgehead atoms. The van der Waals surface area contributed by atoms with E-state index in [1.165, 1.54) is 42.4 Å². The van der Waals surface area contributed by atoms with Crippen LogP contribution >= 0.6 is 0 Å².